The maximum atomic E-state index is 12.8. The highest BCUT2D eigenvalue weighted by molar-refractivity contribution is 6.30. The molecule has 3 aliphatic rings. The lowest BCUT2D eigenvalue weighted by Gasteiger charge is -2.43. The maximum absolute atomic E-state index is 12.8. The van der Waals surface area contributed by atoms with Gasteiger partial charge in [-0.15, -0.1) is 0 Å². The van der Waals surface area contributed by atoms with E-state index >= 15 is 0 Å². The van der Waals surface area contributed by atoms with Crippen LogP contribution < -0.4 is 4.90 Å². The molecule has 0 radical (unpaired) electrons. The molecule has 1 saturated carbocycles. The minimum atomic E-state index is 0.162. The highest BCUT2D eigenvalue weighted by atomic mass is 35.5. The van der Waals surface area contributed by atoms with Crippen LogP contribution in [0.2, 0.25) is 5.02 Å². The monoisotopic (exact) mass is 439 g/mol. The Morgan fingerprint density at radius 1 is 1.00 bits per heavy atom. The Morgan fingerprint density at radius 3 is 2.45 bits per heavy atom. The van der Waals surface area contributed by atoms with Crippen LogP contribution in [0.3, 0.4) is 0 Å². The number of carbonyl (C=O) groups is 1. The molecule has 2 aliphatic heterocycles. The SMILES string of the molecule is O=C(Cc1ccc(Cl)cc1)N1CCc2cnc(N3CCN(C4CCC4)CC3)nc2CC1. The summed E-state index contributed by atoms with van der Waals surface area (Å²) in [6.07, 6.45) is 8.12. The van der Waals surface area contributed by atoms with Crippen LogP contribution in [0.1, 0.15) is 36.1 Å². The fourth-order valence-corrected chi connectivity index (χ4v) is 4.92. The quantitative estimate of drug-likeness (QED) is 0.733. The zero-order valence-corrected chi connectivity index (χ0v) is 18.7. The van der Waals surface area contributed by atoms with Crippen molar-refractivity contribution < 1.29 is 4.79 Å². The van der Waals surface area contributed by atoms with Gasteiger partial charge in [0.05, 0.1) is 12.1 Å². The topological polar surface area (TPSA) is 52.6 Å². The van der Waals surface area contributed by atoms with E-state index < -0.39 is 0 Å². The normalized spacial score (nSPS) is 20.2. The summed E-state index contributed by atoms with van der Waals surface area (Å²) in [5, 5.41) is 0.695. The van der Waals surface area contributed by atoms with Crippen LogP contribution in [0.4, 0.5) is 5.95 Å². The molecule has 0 bridgehead atoms. The lowest BCUT2D eigenvalue weighted by molar-refractivity contribution is -0.130. The van der Waals surface area contributed by atoms with E-state index in [1.165, 1.54) is 24.8 Å². The molecule has 2 fully saturated rings. The number of benzene rings is 1. The van der Waals surface area contributed by atoms with E-state index in [0.717, 1.165) is 68.8 Å². The van der Waals surface area contributed by atoms with E-state index in [1.807, 2.05) is 35.4 Å². The van der Waals surface area contributed by atoms with Crippen molar-refractivity contribution in [2.45, 2.75) is 44.6 Å². The standard InChI is InChI=1S/C24H30ClN5O/c25-20-6-4-18(5-7-20)16-23(31)29-10-8-19-17-26-24(27-22(19)9-11-29)30-14-12-28(13-15-30)21-2-1-3-21/h4-7,17,21H,1-3,8-16H2. The molecule has 0 N–H and O–H groups in total. The number of hydrogen-bond acceptors (Lipinski definition) is 5. The van der Waals surface area contributed by atoms with Gasteiger partial charge in [-0.2, -0.15) is 0 Å². The van der Waals surface area contributed by atoms with Crippen molar-refractivity contribution in [1.29, 1.82) is 0 Å². The average Bonchev–Trinajstić information content (AvgIpc) is 2.97. The predicted octanol–water partition coefficient (Wildman–Crippen LogP) is 2.97. The van der Waals surface area contributed by atoms with Crippen LogP contribution >= 0.6 is 11.6 Å². The molecule has 6 nitrogen and oxygen atoms in total. The smallest absolute Gasteiger partial charge is 0.227 e. The zero-order chi connectivity index (χ0) is 21.2. The zero-order valence-electron chi connectivity index (χ0n) is 18.0. The molecule has 2 aromatic rings. The number of halogens is 1. The van der Waals surface area contributed by atoms with Crippen LogP contribution in [-0.2, 0) is 24.1 Å². The average molecular weight is 440 g/mol. The van der Waals surface area contributed by atoms with Crippen LogP contribution in [-0.4, -0.2) is 71.0 Å². The number of rotatable bonds is 4. The first kappa shape index (κ1) is 20.7. The van der Waals surface area contributed by atoms with Gasteiger partial charge in [0.15, 0.2) is 0 Å². The van der Waals surface area contributed by atoms with Gasteiger partial charge >= 0.3 is 0 Å². The molecular formula is C24H30ClN5O. The second-order valence-electron chi connectivity index (χ2n) is 8.93. The summed E-state index contributed by atoms with van der Waals surface area (Å²) in [6, 6.07) is 8.34. The van der Waals surface area contributed by atoms with Crippen molar-refractivity contribution in [2.24, 2.45) is 0 Å². The summed E-state index contributed by atoms with van der Waals surface area (Å²) in [6.45, 7) is 5.66. The molecule has 1 aromatic carbocycles. The molecule has 1 aromatic heterocycles. The van der Waals surface area contributed by atoms with Gasteiger partial charge < -0.3 is 9.80 Å². The Labute approximate surface area is 189 Å². The number of hydrogen-bond donors (Lipinski definition) is 0. The molecule has 7 heteroatoms. The van der Waals surface area contributed by atoms with E-state index in [2.05, 4.69) is 14.8 Å². The highest BCUT2D eigenvalue weighted by Crippen LogP contribution is 2.26. The number of aromatic nitrogens is 2. The lowest BCUT2D eigenvalue weighted by Crippen LogP contribution is -2.52. The van der Waals surface area contributed by atoms with Gasteiger partial charge in [-0.1, -0.05) is 30.2 Å². The summed E-state index contributed by atoms with van der Waals surface area (Å²) >= 11 is 5.96. The first-order valence-electron chi connectivity index (χ1n) is 11.5. The Balaban J connectivity index is 1.19. The summed E-state index contributed by atoms with van der Waals surface area (Å²) in [7, 11) is 0. The van der Waals surface area contributed by atoms with E-state index in [4.69, 9.17) is 16.6 Å². The van der Waals surface area contributed by atoms with Gasteiger partial charge in [0, 0.05) is 63.0 Å². The largest absolute Gasteiger partial charge is 0.342 e. The van der Waals surface area contributed by atoms with Gasteiger partial charge in [0.1, 0.15) is 0 Å². The van der Waals surface area contributed by atoms with Crippen LogP contribution in [0.25, 0.3) is 0 Å². The van der Waals surface area contributed by atoms with E-state index in [1.54, 1.807) is 0 Å². The van der Waals surface area contributed by atoms with Gasteiger partial charge in [0.25, 0.3) is 0 Å². The summed E-state index contributed by atoms with van der Waals surface area (Å²) in [5.74, 6) is 1.02. The minimum absolute atomic E-state index is 0.162. The molecule has 1 saturated heterocycles. The summed E-state index contributed by atoms with van der Waals surface area (Å²) in [5.41, 5.74) is 3.28. The van der Waals surface area contributed by atoms with Crippen molar-refractivity contribution in [1.82, 2.24) is 19.8 Å². The molecule has 164 valence electrons. The highest BCUT2D eigenvalue weighted by Gasteiger charge is 2.29. The summed E-state index contributed by atoms with van der Waals surface area (Å²) < 4.78 is 0. The molecule has 0 unspecified atom stereocenters. The summed E-state index contributed by atoms with van der Waals surface area (Å²) in [4.78, 5) is 29.4. The van der Waals surface area contributed by atoms with Crippen LogP contribution in [0.5, 0.6) is 0 Å². The third-order valence-corrected chi connectivity index (χ3v) is 7.27. The van der Waals surface area contributed by atoms with Crippen molar-refractivity contribution in [3.8, 4) is 0 Å². The molecule has 1 amide bonds. The first-order valence-corrected chi connectivity index (χ1v) is 11.9. The first-order chi connectivity index (χ1) is 15.2. The molecule has 31 heavy (non-hydrogen) atoms. The predicted molar refractivity (Wildman–Crippen MR) is 123 cm³/mol. The van der Waals surface area contributed by atoms with Crippen molar-refractivity contribution >= 4 is 23.5 Å². The molecule has 0 atom stereocenters. The minimum Gasteiger partial charge on any atom is -0.342 e. The van der Waals surface area contributed by atoms with Crippen molar-refractivity contribution in [3.63, 3.8) is 0 Å². The Bertz CT molecular complexity index is 922. The van der Waals surface area contributed by atoms with Gasteiger partial charge in [-0.05, 0) is 42.5 Å². The van der Waals surface area contributed by atoms with E-state index in [9.17, 15) is 4.79 Å². The second-order valence-corrected chi connectivity index (χ2v) is 9.37. The number of fused-ring (bicyclic) bond motifs is 1. The molecular weight excluding hydrogens is 410 g/mol. The number of piperazine rings is 1. The van der Waals surface area contributed by atoms with E-state index in [-0.39, 0.29) is 5.91 Å². The molecule has 5 rings (SSSR count). The number of anilines is 1. The van der Waals surface area contributed by atoms with Crippen LogP contribution in [0, 0.1) is 0 Å². The maximum Gasteiger partial charge on any atom is 0.227 e. The third-order valence-electron chi connectivity index (χ3n) is 7.02. The van der Waals surface area contributed by atoms with Gasteiger partial charge in [0.2, 0.25) is 11.9 Å². The van der Waals surface area contributed by atoms with Gasteiger partial charge in [-0.3, -0.25) is 9.69 Å². The third kappa shape index (κ3) is 4.70. The Kier molecular flexibility index (Phi) is 6.10. The molecule has 3 heterocycles. The van der Waals surface area contributed by atoms with Crippen LogP contribution in [0.15, 0.2) is 30.5 Å². The Hall–Kier alpha value is -2.18. The van der Waals surface area contributed by atoms with E-state index in [0.29, 0.717) is 18.0 Å². The fourth-order valence-electron chi connectivity index (χ4n) is 4.79. The van der Waals surface area contributed by atoms with Gasteiger partial charge in [-0.25, -0.2) is 9.97 Å². The van der Waals surface area contributed by atoms with Crippen molar-refractivity contribution in [3.05, 3.63) is 52.3 Å². The lowest BCUT2D eigenvalue weighted by atomic mass is 9.91. The number of nitrogens with zero attached hydrogens (tertiary/aromatic N) is 5. The fraction of sp³-hybridized carbons (Fsp3) is 0.542. The molecule has 0 spiro atoms. The number of amides is 1. The Morgan fingerprint density at radius 2 is 1.74 bits per heavy atom. The number of carbonyl (C=O) groups excluding carboxylic acids is 1. The van der Waals surface area contributed by atoms with Crippen molar-refractivity contribution in [2.75, 3.05) is 44.2 Å². The second kappa shape index (κ2) is 9.13. The molecule has 1 aliphatic carbocycles.